The minimum absolute atomic E-state index is 0.218. The van der Waals surface area contributed by atoms with Gasteiger partial charge in [0.2, 0.25) is 5.91 Å². The van der Waals surface area contributed by atoms with E-state index in [0.29, 0.717) is 12.2 Å². The maximum atomic E-state index is 11.8. The highest BCUT2D eigenvalue weighted by atomic mass is 16.5. The zero-order valence-corrected chi connectivity index (χ0v) is 11.9. The van der Waals surface area contributed by atoms with Crippen LogP contribution in [0.15, 0.2) is 24.3 Å². The second kappa shape index (κ2) is 6.70. The number of nitrogens with one attached hydrogen (secondary N) is 2. The van der Waals surface area contributed by atoms with Crippen LogP contribution in [0.2, 0.25) is 0 Å². The SMILES string of the molecule is CC(=O)Nc1ccc(C(=O)OCC(=O)N2CCNC2=O)cc1. The molecule has 0 unspecified atom stereocenters. The molecule has 0 aromatic heterocycles. The number of benzene rings is 1. The second-order valence-electron chi connectivity index (χ2n) is 4.61. The molecule has 8 nitrogen and oxygen atoms in total. The number of amides is 4. The minimum atomic E-state index is -0.678. The number of urea groups is 1. The first-order valence-corrected chi connectivity index (χ1v) is 6.60. The number of nitrogens with zero attached hydrogens (tertiary/aromatic N) is 1. The van der Waals surface area contributed by atoms with Gasteiger partial charge in [-0.3, -0.25) is 14.5 Å². The third-order valence-electron chi connectivity index (χ3n) is 2.93. The van der Waals surface area contributed by atoms with E-state index in [1.807, 2.05) is 0 Å². The summed E-state index contributed by atoms with van der Waals surface area (Å²) in [5, 5.41) is 5.05. The first-order valence-electron chi connectivity index (χ1n) is 6.60. The molecule has 1 heterocycles. The zero-order valence-electron chi connectivity index (χ0n) is 11.9. The first kappa shape index (κ1) is 15.5. The van der Waals surface area contributed by atoms with Crippen LogP contribution in [0.5, 0.6) is 0 Å². The molecule has 0 spiro atoms. The van der Waals surface area contributed by atoms with E-state index in [9.17, 15) is 19.2 Å². The van der Waals surface area contributed by atoms with Gasteiger partial charge in [-0.1, -0.05) is 0 Å². The van der Waals surface area contributed by atoms with E-state index in [4.69, 9.17) is 4.74 Å². The Labute approximate surface area is 126 Å². The molecule has 2 rings (SSSR count). The fourth-order valence-corrected chi connectivity index (χ4v) is 1.89. The summed E-state index contributed by atoms with van der Waals surface area (Å²) in [5.41, 5.74) is 0.793. The van der Waals surface area contributed by atoms with Crippen molar-refractivity contribution in [1.29, 1.82) is 0 Å². The summed E-state index contributed by atoms with van der Waals surface area (Å²) in [4.78, 5) is 46.7. The van der Waals surface area contributed by atoms with E-state index in [1.165, 1.54) is 19.1 Å². The summed E-state index contributed by atoms with van der Waals surface area (Å²) >= 11 is 0. The standard InChI is InChI=1S/C14H15N3O5/c1-9(18)16-11-4-2-10(3-5-11)13(20)22-8-12(19)17-7-6-15-14(17)21/h2-5H,6-8H2,1H3,(H,15,21)(H,16,18). The topological polar surface area (TPSA) is 105 Å². The van der Waals surface area contributed by atoms with Crippen LogP contribution in [-0.4, -0.2) is 48.4 Å². The third-order valence-corrected chi connectivity index (χ3v) is 2.93. The fraction of sp³-hybridized carbons (Fsp3) is 0.286. The van der Waals surface area contributed by atoms with Crippen LogP contribution >= 0.6 is 0 Å². The lowest BCUT2D eigenvalue weighted by atomic mass is 10.2. The molecule has 0 bridgehead atoms. The highest BCUT2D eigenvalue weighted by Gasteiger charge is 2.26. The maximum Gasteiger partial charge on any atom is 0.338 e. The molecule has 22 heavy (non-hydrogen) atoms. The summed E-state index contributed by atoms with van der Waals surface area (Å²) in [6.07, 6.45) is 0. The number of anilines is 1. The molecule has 0 radical (unpaired) electrons. The van der Waals surface area contributed by atoms with Crippen molar-refractivity contribution in [2.24, 2.45) is 0 Å². The summed E-state index contributed by atoms with van der Waals surface area (Å²) < 4.78 is 4.87. The summed E-state index contributed by atoms with van der Waals surface area (Å²) in [6, 6.07) is 5.56. The van der Waals surface area contributed by atoms with Gasteiger partial charge in [0, 0.05) is 25.7 Å². The van der Waals surface area contributed by atoms with Gasteiger partial charge in [0.25, 0.3) is 5.91 Å². The van der Waals surface area contributed by atoms with Crippen LogP contribution < -0.4 is 10.6 Å². The van der Waals surface area contributed by atoms with E-state index >= 15 is 0 Å². The molecule has 1 aromatic carbocycles. The number of rotatable bonds is 4. The van der Waals surface area contributed by atoms with E-state index in [0.717, 1.165) is 4.90 Å². The number of esters is 1. The molecule has 1 fully saturated rings. The Morgan fingerprint density at radius 3 is 2.50 bits per heavy atom. The molecule has 2 N–H and O–H groups in total. The van der Waals surface area contributed by atoms with Crippen LogP contribution in [0, 0.1) is 0 Å². The molecule has 0 atom stereocenters. The molecule has 116 valence electrons. The number of hydrogen-bond donors (Lipinski definition) is 2. The molecule has 1 aliphatic heterocycles. The second-order valence-corrected chi connectivity index (χ2v) is 4.61. The first-order chi connectivity index (χ1) is 10.5. The van der Waals surface area contributed by atoms with Crippen molar-refractivity contribution in [2.75, 3.05) is 25.0 Å². The maximum absolute atomic E-state index is 11.8. The van der Waals surface area contributed by atoms with Crippen LogP contribution in [0.25, 0.3) is 0 Å². The van der Waals surface area contributed by atoms with Gasteiger partial charge in [-0.2, -0.15) is 0 Å². The predicted molar refractivity (Wildman–Crippen MR) is 76.1 cm³/mol. The van der Waals surface area contributed by atoms with Crippen molar-refractivity contribution in [3.63, 3.8) is 0 Å². The monoisotopic (exact) mass is 305 g/mol. The van der Waals surface area contributed by atoms with Gasteiger partial charge in [0.05, 0.1) is 5.56 Å². The Hall–Kier alpha value is -2.90. The van der Waals surface area contributed by atoms with Gasteiger partial charge in [-0.15, -0.1) is 0 Å². The lowest BCUT2D eigenvalue weighted by Gasteiger charge is -2.12. The van der Waals surface area contributed by atoms with Crippen LogP contribution in [0.4, 0.5) is 10.5 Å². The van der Waals surface area contributed by atoms with Crippen molar-refractivity contribution < 1.29 is 23.9 Å². The average Bonchev–Trinajstić information content (AvgIpc) is 2.91. The van der Waals surface area contributed by atoms with Crippen molar-refractivity contribution in [2.45, 2.75) is 6.92 Å². The number of carbonyl (C=O) groups is 4. The Kier molecular flexibility index (Phi) is 4.72. The Balaban J connectivity index is 1.88. The number of imide groups is 1. The lowest BCUT2D eigenvalue weighted by molar-refractivity contribution is -0.130. The molecule has 0 saturated carbocycles. The lowest BCUT2D eigenvalue weighted by Crippen LogP contribution is -2.37. The van der Waals surface area contributed by atoms with Gasteiger partial charge >= 0.3 is 12.0 Å². The Morgan fingerprint density at radius 1 is 1.27 bits per heavy atom. The van der Waals surface area contributed by atoms with Gasteiger partial charge in [0.15, 0.2) is 6.61 Å². The predicted octanol–water partition coefficient (Wildman–Crippen LogP) is 0.354. The molecule has 1 saturated heterocycles. The van der Waals surface area contributed by atoms with Crippen LogP contribution in [0.1, 0.15) is 17.3 Å². The molecule has 1 aromatic rings. The smallest absolute Gasteiger partial charge is 0.338 e. The fourth-order valence-electron chi connectivity index (χ4n) is 1.89. The quantitative estimate of drug-likeness (QED) is 0.781. The highest BCUT2D eigenvalue weighted by Crippen LogP contribution is 2.10. The summed E-state index contributed by atoms with van der Waals surface area (Å²) in [6.45, 7) is 1.53. The molecular weight excluding hydrogens is 290 g/mol. The molecular formula is C14H15N3O5. The van der Waals surface area contributed by atoms with Gasteiger partial charge in [-0.25, -0.2) is 9.59 Å². The Morgan fingerprint density at radius 2 is 1.95 bits per heavy atom. The van der Waals surface area contributed by atoms with E-state index < -0.39 is 24.5 Å². The zero-order chi connectivity index (χ0) is 16.1. The largest absolute Gasteiger partial charge is 0.452 e. The van der Waals surface area contributed by atoms with Crippen molar-refractivity contribution >= 4 is 29.5 Å². The van der Waals surface area contributed by atoms with Crippen molar-refractivity contribution in [1.82, 2.24) is 10.2 Å². The van der Waals surface area contributed by atoms with Crippen LogP contribution in [-0.2, 0) is 14.3 Å². The van der Waals surface area contributed by atoms with Crippen molar-refractivity contribution in [3.05, 3.63) is 29.8 Å². The number of ether oxygens (including phenoxy) is 1. The average molecular weight is 305 g/mol. The molecule has 8 heteroatoms. The van der Waals surface area contributed by atoms with Crippen molar-refractivity contribution in [3.8, 4) is 0 Å². The van der Waals surface area contributed by atoms with Gasteiger partial charge < -0.3 is 15.4 Å². The van der Waals surface area contributed by atoms with E-state index in [2.05, 4.69) is 10.6 Å². The normalized spacial score (nSPS) is 13.5. The summed E-state index contributed by atoms with van der Waals surface area (Å²) in [7, 11) is 0. The third kappa shape index (κ3) is 3.81. The minimum Gasteiger partial charge on any atom is -0.452 e. The molecule has 0 aliphatic carbocycles. The van der Waals surface area contributed by atoms with Gasteiger partial charge in [0.1, 0.15) is 0 Å². The Bertz CT molecular complexity index is 611. The molecule has 4 amide bonds. The molecule has 1 aliphatic rings. The summed E-state index contributed by atoms with van der Waals surface area (Å²) in [5.74, 6) is -1.47. The number of carbonyl (C=O) groups excluding carboxylic acids is 4. The van der Waals surface area contributed by atoms with Crippen LogP contribution in [0.3, 0.4) is 0 Å². The van der Waals surface area contributed by atoms with Gasteiger partial charge in [-0.05, 0) is 24.3 Å². The number of hydrogen-bond acceptors (Lipinski definition) is 5. The van der Waals surface area contributed by atoms with E-state index in [1.54, 1.807) is 12.1 Å². The highest BCUT2D eigenvalue weighted by molar-refractivity contribution is 5.98. The van der Waals surface area contributed by atoms with E-state index in [-0.39, 0.29) is 18.0 Å².